The lowest BCUT2D eigenvalue weighted by atomic mass is 10.2. The smallest absolute Gasteiger partial charge is 0.203 e. The molecule has 4 rings (SSSR count). The maximum atomic E-state index is 10.6. The van der Waals surface area contributed by atoms with Gasteiger partial charge >= 0.3 is 0 Å². The van der Waals surface area contributed by atoms with Gasteiger partial charge in [0.15, 0.2) is 0 Å². The molecule has 1 heterocycles. The van der Waals surface area contributed by atoms with Gasteiger partial charge in [-0.3, -0.25) is 5.41 Å². The van der Waals surface area contributed by atoms with Crippen molar-refractivity contribution in [2.24, 2.45) is 0 Å². The summed E-state index contributed by atoms with van der Waals surface area (Å²) in [6, 6.07) is 25.8. The Morgan fingerprint density at radius 3 is 2.31 bits per heavy atom. The van der Waals surface area contributed by atoms with E-state index < -0.39 is 6.10 Å². The van der Waals surface area contributed by atoms with Gasteiger partial charge in [0, 0.05) is 0 Å². The van der Waals surface area contributed by atoms with Crippen LogP contribution in [0.5, 0.6) is 5.75 Å². The standard InChI is InChI=1S/C24H25N3O2/c1-18-8-7-11-21(14-18)29-17-20(28)16-27-23-13-6-5-12-22(23)26(24(27)25)15-19-9-3-2-4-10-19/h2-14,20,25,28H,15-17H2,1H3/t20-/m1/s1. The van der Waals surface area contributed by atoms with Crippen molar-refractivity contribution >= 4 is 11.0 Å². The van der Waals surface area contributed by atoms with E-state index in [1.165, 1.54) is 0 Å². The molecule has 4 aromatic rings. The van der Waals surface area contributed by atoms with E-state index in [0.717, 1.165) is 27.9 Å². The fourth-order valence-electron chi connectivity index (χ4n) is 3.57. The van der Waals surface area contributed by atoms with E-state index in [-0.39, 0.29) is 6.61 Å². The number of hydrogen-bond donors (Lipinski definition) is 2. The summed E-state index contributed by atoms with van der Waals surface area (Å²) < 4.78 is 9.56. The number of fused-ring (bicyclic) bond motifs is 1. The molecule has 3 aromatic carbocycles. The lowest BCUT2D eigenvalue weighted by Crippen LogP contribution is -2.31. The summed E-state index contributed by atoms with van der Waals surface area (Å²) >= 11 is 0. The molecule has 0 saturated carbocycles. The van der Waals surface area contributed by atoms with Crippen molar-refractivity contribution in [3.05, 3.63) is 95.6 Å². The number of ether oxygens (including phenoxy) is 1. The van der Waals surface area contributed by atoms with Crippen molar-refractivity contribution < 1.29 is 9.84 Å². The second-order valence-electron chi connectivity index (χ2n) is 7.28. The Kier molecular flexibility index (Phi) is 5.49. The maximum Gasteiger partial charge on any atom is 0.203 e. The Morgan fingerprint density at radius 1 is 0.897 bits per heavy atom. The zero-order chi connectivity index (χ0) is 20.2. The van der Waals surface area contributed by atoms with Gasteiger partial charge in [0.1, 0.15) is 18.5 Å². The molecular weight excluding hydrogens is 362 g/mol. The number of nitrogens with one attached hydrogen (secondary N) is 1. The first-order chi connectivity index (χ1) is 14.1. The number of aliphatic hydroxyl groups is 1. The Balaban J connectivity index is 1.57. The maximum absolute atomic E-state index is 10.6. The largest absolute Gasteiger partial charge is 0.491 e. The van der Waals surface area contributed by atoms with Crippen LogP contribution in [0.25, 0.3) is 11.0 Å². The van der Waals surface area contributed by atoms with Crippen LogP contribution < -0.4 is 10.4 Å². The van der Waals surface area contributed by atoms with E-state index in [2.05, 4.69) is 12.1 Å². The van der Waals surface area contributed by atoms with Crippen LogP contribution in [0, 0.1) is 12.3 Å². The molecule has 0 bridgehead atoms. The van der Waals surface area contributed by atoms with E-state index >= 15 is 0 Å². The number of aromatic nitrogens is 2. The zero-order valence-electron chi connectivity index (χ0n) is 16.5. The van der Waals surface area contributed by atoms with Gasteiger partial charge in [-0.2, -0.15) is 0 Å². The number of para-hydroxylation sites is 2. The average molecular weight is 387 g/mol. The molecule has 0 aliphatic heterocycles. The average Bonchev–Trinajstić information content (AvgIpc) is 2.99. The summed E-state index contributed by atoms with van der Waals surface area (Å²) in [6.07, 6.45) is -0.722. The first-order valence-electron chi connectivity index (χ1n) is 9.76. The molecule has 0 saturated heterocycles. The van der Waals surface area contributed by atoms with E-state index in [9.17, 15) is 5.11 Å². The number of rotatable bonds is 7. The minimum Gasteiger partial charge on any atom is -0.491 e. The minimum absolute atomic E-state index is 0.175. The molecule has 0 radical (unpaired) electrons. The first kappa shape index (κ1) is 19.0. The SMILES string of the molecule is Cc1cccc(OC[C@H](O)Cn2c(=N)n(Cc3ccccc3)c3ccccc32)c1. The van der Waals surface area contributed by atoms with Gasteiger partial charge < -0.3 is 19.0 Å². The number of nitrogens with zero attached hydrogens (tertiary/aromatic N) is 2. The summed E-state index contributed by atoms with van der Waals surface area (Å²) in [7, 11) is 0. The molecule has 1 atom stereocenters. The van der Waals surface area contributed by atoms with Gasteiger partial charge in [0.25, 0.3) is 0 Å². The van der Waals surface area contributed by atoms with Gasteiger partial charge in [-0.1, -0.05) is 54.6 Å². The Morgan fingerprint density at radius 2 is 1.59 bits per heavy atom. The van der Waals surface area contributed by atoms with Crippen LogP contribution in [0.1, 0.15) is 11.1 Å². The summed E-state index contributed by atoms with van der Waals surface area (Å²) in [5, 5.41) is 19.3. The van der Waals surface area contributed by atoms with Crippen LogP contribution in [0.3, 0.4) is 0 Å². The number of hydrogen-bond acceptors (Lipinski definition) is 3. The Labute approximate surface area is 169 Å². The van der Waals surface area contributed by atoms with Crippen LogP contribution >= 0.6 is 0 Å². The normalized spacial score (nSPS) is 12.2. The van der Waals surface area contributed by atoms with Crippen molar-refractivity contribution in [2.45, 2.75) is 26.1 Å². The lowest BCUT2D eigenvalue weighted by Gasteiger charge is -2.14. The predicted octanol–water partition coefficient (Wildman–Crippen LogP) is 3.72. The summed E-state index contributed by atoms with van der Waals surface area (Å²) in [5.41, 5.74) is 4.53. The van der Waals surface area contributed by atoms with Crippen molar-refractivity contribution in [3.63, 3.8) is 0 Å². The summed E-state index contributed by atoms with van der Waals surface area (Å²) in [5.74, 6) is 0.742. The Bertz CT molecular complexity index is 1160. The van der Waals surface area contributed by atoms with E-state index in [4.69, 9.17) is 10.1 Å². The molecule has 0 amide bonds. The molecule has 148 valence electrons. The number of aliphatic hydroxyl groups excluding tert-OH is 1. The predicted molar refractivity (Wildman–Crippen MR) is 114 cm³/mol. The third-order valence-electron chi connectivity index (χ3n) is 4.98. The van der Waals surface area contributed by atoms with Crippen LogP contribution in [0.4, 0.5) is 0 Å². The van der Waals surface area contributed by atoms with Crippen molar-refractivity contribution in [1.29, 1.82) is 5.41 Å². The van der Waals surface area contributed by atoms with Gasteiger partial charge in [0.05, 0.1) is 24.1 Å². The molecule has 0 fully saturated rings. The molecule has 0 unspecified atom stereocenters. The molecule has 0 spiro atoms. The Hall–Kier alpha value is -3.31. The number of benzene rings is 3. The highest BCUT2D eigenvalue weighted by Crippen LogP contribution is 2.16. The van der Waals surface area contributed by atoms with Crippen LogP contribution in [0.2, 0.25) is 0 Å². The van der Waals surface area contributed by atoms with Crippen LogP contribution in [-0.2, 0) is 13.1 Å². The highest BCUT2D eigenvalue weighted by molar-refractivity contribution is 5.76. The first-order valence-corrected chi connectivity index (χ1v) is 9.76. The minimum atomic E-state index is -0.722. The highest BCUT2D eigenvalue weighted by Gasteiger charge is 2.14. The van der Waals surface area contributed by atoms with E-state index in [1.54, 1.807) is 0 Å². The number of imidazole rings is 1. The fraction of sp³-hybridized carbons (Fsp3) is 0.208. The molecule has 1 aromatic heterocycles. The van der Waals surface area contributed by atoms with Gasteiger partial charge in [-0.05, 0) is 42.3 Å². The third kappa shape index (κ3) is 4.25. The molecule has 2 N–H and O–H groups in total. The van der Waals surface area contributed by atoms with Crippen molar-refractivity contribution in [3.8, 4) is 5.75 Å². The third-order valence-corrected chi connectivity index (χ3v) is 4.98. The van der Waals surface area contributed by atoms with E-state index in [0.29, 0.717) is 18.7 Å². The van der Waals surface area contributed by atoms with Gasteiger partial charge in [0.2, 0.25) is 5.62 Å². The quantitative estimate of drug-likeness (QED) is 0.508. The fourth-order valence-corrected chi connectivity index (χ4v) is 3.57. The molecule has 0 aliphatic rings. The number of aryl methyl sites for hydroxylation is 1. The molecule has 5 nitrogen and oxygen atoms in total. The molecule has 5 heteroatoms. The van der Waals surface area contributed by atoms with Crippen LogP contribution in [0.15, 0.2) is 78.9 Å². The topological polar surface area (TPSA) is 63.2 Å². The monoisotopic (exact) mass is 387 g/mol. The summed E-state index contributed by atoms with van der Waals surface area (Å²) in [4.78, 5) is 0. The lowest BCUT2D eigenvalue weighted by molar-refractivity contribution is 0.0921. The summed E-state index contributed by atoms with van der Waals surface area (Å²) in [6.45, 7) is 3.09. The highest BCUT2D eigenvalue weighted by atomic mass is 16.5. The van der Waals surface area contributed by atoms with Crippen LogP contribution in [-0.4, -0.2) is 27.0 Å². The van der Waals surface area contributed by atoms with E-state index in [1.807, 2.05) is 82.8 Å². The van der Waals surface area contributed by atoms with Crippen molar-refractivity contribution in [2.75, 3.05) is 6.61 Å². The molecule has 0 aliphatic carbocycles. The van der Waals surface area contributed by atoms with Crippen molar-refractivity contribution in [1.82, 2.24) is 9.13 Å². The van der Waals surface area contributed by atoms with Gasteiger partial charge in [-0.15, -0.1) is 0 Å². The zero-order valence-corrected chi connectivity index (χ0v) is 16.5. The molecule has 29 heavy (non-hydrogen) atoms. The van der Waals surface area contributed by atoms with Gasteiger partial charge in [-0.25, -0.2) is 0 Å². The second kappa shape index (κ2) is 8.37. The molecular formula is C24H25N3O2. The second-order valence-corrected chi connectivity index (χ2v) is 7.28.